The number of benzene rings is 3. The molecule has 0 unspecified atom stereocenters. The monoisotopic (exact) mass is 1280 g/mol. The van der Waals surface area contributed by atoms with E-state index in [2.05, 4.69) is 44.9 Å². The molecule has 0 amide bonds. The van der Waals surface area contributed by atoms with Crippen LogP contribution < -0.4 is 4.74 Å². The van der Waals surface area contributed by atoms with E-state index in [4.69, 9.17) is 19.8 Å². The van der Waals surface area contributed by atoms with Crippen LogP contribution in [0.5, 0.6) is 5.88 Å². The number of aliphatic hydroxyl groups is 1. The Kier molecular flexibility index (Phi) is 17.6. The number of nitrogens with zero attached hydrogens (tertiary/aromatic N) is 8. The van der Waals surface area contributed by atoms with E-state index in [9.17, 15) is 35.2 Å². The summed E-state index contributed by atoms with van der Waals surface area (Å²) in [7, 11) is -8.41. The van der Waals surface area contributed by atoms with Crippen molar-refractivity contribution >= 4 is 80.3 Å². The van der Waals surface area contributed by atoms with Gasteiger partial charge < -0.3 is 29.9 Å². The number of pyridine rings is 2. The lowest BCUT2D eigenvalue weighted by molar-refractivity contribution is 0.0701. The van der Waals surface area contributed by atoms with Gasteiger partial charge in [-0.15, -0.1) is 11.3 Å². The molecule has 466 valence electrons. The van der Waals surface area contributed by atoms with Crippen LogP contribution >= 0.6 is 11.3 Å². The molecule has 0 saturated carbocycles. The average Bonchev–Trinajstić information content (AvgIpc) is 1.57. The van der Waals surface area contributed by atoms with Gasteiger partial charge in [0, 0.05) is 88.7 Å². The zero-order valence-corrected chi connectivity index (χ0v) is 52.9. The summed E-state index contributed by atoms with van der Waals surface area (Å²) in [6.07, 6.45) is 13.7. The molecule has 9 heterocycles. The zero-order valence-electron chi connectivity index (χ0n) is 49.6. The van der Waals surface area contributed by atoms with Crippen molar-refractivity contribution in [2.75, 3.05) is 7.11 Å². The number of ether oxygens (including phenoxy) is 1. The molecule has 0 bridgehead atoms. The molecule has 0 spiro atoms. The topological polar surface area (TPSA) is 320 Å². The fourth-order valence-electron chi connectivity index (χ4n) is 9.18. The number of rotatable bonds is 15. The van der Waals surface area contributed by atoms with E-state index in [0.717, 1.165) is 61.5 Å². The third-order valence-electron chi connectivity index (χ3n) is 14.5. The first-order valence-electron chi connectivity index (χ1n) is 27.8. The minimum absolute atomic E-state index is 0. The summed E-state index contributed by atoms with van der Waals surface area (Å²) < 4.78 is 79.2. The van der Waals surface area contributed by atoms with Crippen molar-refractivity contribution in [2.45, 2.75) is 91.4 Å². The van der Waals surface area contributed by atoms with Crippen LogP contribution in [-0.4, -0.2) is 119 Å². The van der Waals surface area contributed by atoms with Crippen LogP contribution in [-0.2, 0) is 35.1 Å². The molecule has 0 aliphatic rings. The van der Waals surface area contributed by atoms with Gasteiger partial charge >= 0.3 is 5.97 Å². The molecule has 25 heteroatoms. The molecule has 0 saturated heterocycles. The molecule has 3 aromatic carbocycles. The molecule has 0 aliphatic heterocycles. The number of carboxylic acids is 1. The third-order valence-corrected chi connectivity index (χ3v) is 22.0. The van der Waals surface area contributed by atoms with Crippen molar-refractivity contribution in [3.63, 3.8) is 0 Å². The lowest BCUT2D eigenvalue weighted by atomic mass is 9.97. The van der Waals surface area contributed by atoms with Crippen LogP contribution in [0.4, 0.5) is 0 Å². The minimum Gasteiger partial charge on any atom is -0.481 e. The molecule has 12 aromatic rings. The Morgan fingerprint density at radius 3 is 1.30 bits per heavy atom. The van der Waals surface area contributed by atoms with E-state index >= 15 is 0 Å². The second kappa shape index (κ2) is 25.0. The van der Waals surface area contributed by atoms with Gasteiger partial charge in [0.15, 0.2) is 46.5 Å². The van der Waals surface area contributed by atoms with Crippen molar-refractivity contribution < 1.29 is 52.1 Å². The van der Waals surface area contributed by atoms with Crippen LogP contribution in [0.15, 0.2) is 173 Å². The lowest BCUT2D eigenvalue weighted by Gasteiger charge is -2.17. The summed E-state index contributed by atoms with van der Waals surface area (Å²) in [5.74, 6) is -0.452. The van der Waals surface area contributed by atoms with Crippen molar-refractivity contribution in [3.8, 4) is 73.2 Å². The maximum Gasteiger partial charge on any atom is 0.345 e. The van der Waals surface area contributed by atoms with Gasteiger partial charge in [0.1, 0.15) is 21.4 Å². The maximum absolute atomic E-state index is 12.4. The van der Waals surface area contributed by atoms with E-state index in [1.54, 1.807) is 190 Å². The molecule has 0 aliphatic carbocycles. The molecular weight excluding hydrogens is 1210 g/mol. The number of sulfone groups is 3. The summed E-state index contributed by atoms with van der Waals surface area (Å²) in [4.78, 5) is 57.8. The van der Waals surface area contributed by atoms with Crippen LogP contribution in [0.1, 0.15) is 77.8 Å². The Balaban J connectivity index is 0.000000249. The highest BCUT2D eigenvalue weighted by molar-refractivity contribution is 7.92. The molecule has 0 radical (unpaired) electrons. The van der Waals surface area contributed by atoms with Crippen LogP contribution in [0.2, 0.25) is 0 Å². The predicted molar refractivity (Wildman–Crippen MR) is 354 cm³/mol. The van der Waals surface area contributed by atoms with Crippen LogP contribution in [0.25, 0.3) is 101 Å². The number of thiophene rings is 1. The fraction of sp³-hybridized carbons (Fsp3) is 0.203. The first-order chi connectivity index (χ1) is 42.2. The highest BCUT2D eigenvalue weighted by Gasteiger charge is 2.24. The Bertz CT molecular complexity index is 4970. The van der Waals surface area contributed by atoms with Crippen molar-refractivity contribution in [1.29, 1.82) is 0 Å². The smallest absolute Gasteiger partial charge is 0.345 e. The molecule has 0 fully saturated rings. The maximum atomic E-state index is 12.4. The number of hydrogen-bond donors (Lipinski definition) is 5. The Hall–Kier alpha value is -9.40. The van der Waals surface area contributed by atoms with Crippen molar-refractivity contribution in [2.24, 2.45) is 0 Å². The van der Waals surface area contributed by atoms with Crippen LogP contribution in [0, 0.1) is 0 Å². The molecule has 0 atom stereocenters. The van der Waals surface area contributed by atoms with Gasteiger partial charge in [-0.05, 0) is 121 Å². The van der Waals surface area contributed by atoms with Gasteiger partial charge in [-0.3, -0.25) is 4.98 Å². The summed E-state index contributed by atoms with van der Waals surface area (Å²) in [6, 6.07) is 29.0. The number of nitrogens with one attached hydrogen (secondary N) is 3. The number of aromatic nitrogens is 11. The highest BCUT2D eigenvalue weighted by Crippen LogP contribution is 2.35. The van der Waals surface area contributed by atoms with E-state index in [0.29, 0.717) is 66.9 Å². The van der Waals surface area contributed by atoms with E-state index in [-0.39, 0.29) is 21.8 Å². The molecular formula is C64H71N11O10S4. The van der Waals surface area contributed by atoms with E-state index < -0.39 is 56.8 Å². The second-order valence-electron chi connectivity index (χ2n) is 21.9. The Morgan fingerprint density at radius 2 is 0.921 bits per heavy atom. The number of carbonyl (C=O) groups is 1. The third kappa shape index (κ3) is 13.1. The Morgan fingerprint density at radius 1 is 0.517 bits per heavy atom. The number of aromatic carboxylic acids is 1. The highest BCUT2D eigenvalue weighted by atomic mass is 32.2. The second-order valence-corrected chi connectivity index (χ2v) is 30.3. The minimum atomic E-state index is -3.34. The molecule has 89 heavy (non-hydrogen) atoms. The van der Waals surface area contributed by atoms with Gasteiger partial charge in [0.25, 0.3) is 0 Å². The molecule has 9 aromatic heterocycles. The quantitative estimate of drug-likeness (QED) is 0.0637. The fourth-order valence-corrected chi connectivity index (χ4v) is 13.1. The van der Waals surface area contributed by atoms with Gasteiger partial charge in [0.05, 0.1) is 84.5 Å². The molecule has 5 N–H and O–H groups in total. The predicted octanol–water partition coefficient (Wildman–Crippen LogP) is 13.4. The number of fused-ring (bicyclic) bond motifs is 3. The van der Waals surface area contributed by atoms with E-state index in [1.165, 1.54) is 0 Å². The normalized spacial score (nSPS) is 12.1. The lowest BCUT2D eigenvalue weighted by Crippen LogP contribution is -2.15. The first-order valence-corrected chi connectivity index (χ1v) is 33.3. The summed E-state index contributed by atoms with van der Waals surface area (Å²) >= 11 is 1.15. The standard InChI is InChI=1S/C23H24N4O3S.C21H20N4O3S.C20H17N3O4S2.5H2/c1-14(2)31(29,30)18-7-5-15(6-8-18)20-13-26-22-21(27-20)19(12-25-22)16-9-17(11-24-10-16)23(3,4)28;1-13(2)29(26,27)15-9-7-14(8-10-15)18-12-23-21-20(25-18)16(11-22-21)17-5-4-6-19(24-17)28-3;1-11(2)29(26,27)14-5-3-12(4-6-14)16-9-22-19-18(23-16)15(8-21-19)13-7-17(20(24)25)28-10-13;;;;;/h5-14,28H,1-4H3,(H,25,26);4-13H,1-3H3,(H,22,23);3-11H,1-2H3,(H,21,22)(H,24,25);5*1H. The van der Waals surface area contributed by atoms with Crippen molar-refractivity contribution in [1.82, 2.24) is 54.8 Å². The van der Waals surface area contributed by atoms with Crippen molar-refractivity contribution in [3.05, 3.63) is 169 Å². The van der Waals surface area contributed by atoms with Gasteiger partial charge in [0.2, 0.25) is 5.88 Å². The summed E-state index contributed by atoms with van der Waals surface area (Å²) in [6.45, 7) is 13.4. The summed E-state index contributed by atoms with van der Waals surface area (Å²) in [5, 5.41) is 19.8. The SMILES string of the molecule is CC(C)S(=O)(=O)c1ccc(-c2cnc3[nH]cc(-c4cncc(C(C)(C)O)c4)c3n2)cc1.CC(C)S(=O)(=O)c1ccc(-c2cnc3[nH]cc(-c4csc(C(=O)O)c4)c3n2)cc1.COc1cccc(-c2c[nH]c3ncc(-c4ccc(S(=O)(=O)C(C)C)cc4)nc23)n1.[HH].[HH].[HH].[HH].[HH]. The average molecular weight is 1280 g/mol. The summed E-state index contributed by atoms with van der Waals surface area (Å²) in [5.41, 5.74) is 12.4. The largest absolute Gasteiger partial charge is 0.481 e. The number of hydrogen-bond acceptors (Lipinski definition) is 18. The van der Waals surface area contributed by atoms with E-state index in [1.807, 2.05) is 30.6 Å². The zero-order chi connectivity index (χ0) is 63.7. The molecule has 12 rings (SSSR count). The van der Waals surface area contributed by atoms with Gasteiger partial charge in [-0.25, -0.2) is 64.9 Å². The van der Waals surface area contributed by atoms with Crippen LogP contribution in [0.3, 0.4) is 0 Å². The van der Waals surface area contributed by atoms with Gasteiger partial charge in [-0.1, -0.05) is 42.5 Å². The number of methoxy groups -OCH3 is 1. The first kappa shape index (κ1) is 62.6. The van der Waals surface area contributed by atoms with Gasteiger partial charge in [-0.2, -0.15) is 0 Å². The number of carboxylic acid groups (broad SMARTS) is 1. The number of H-pyrrole nitrogens is 3. The Labute approximate surface area is 524 Å². The number of aromatic amines is 3. The molecule has 21 nitrogen and oxygen atoms in total.